The lowest BCUT2D eigenvalue weighted by molar-refractivity contribution is 0.00304. The number of amidine groups is 1. The number of halogens is 1. The standard InChI is InChI=1S/C20H21FN4O2S/c1-12-2-5-17(23-9-12)18(26)24-14-3-4-16(21)15(8-14)20-11-27-7-6-13(20)10-28-19(22)25-20/h2-5,8-9,13H,6-7,10-11H2,1H3,(H2,22,25)(H,24,26). The lowest BCUT2D eigenvalue weighted by atomic mass is 9.76. The van der Waals surface area contributed by atoms with Crippen LogP contribution >= 0.6 is 11.8 Å². The molecule has 1 aromatic carbocycles. The lowest BCUT2D eigenvalue weighted by Crippen LogP contribution is -2.48. The topological polar surface area (TPSA) is 89.6 Å². The van der Waals surface area contributed by atoms with Crippen molar-refractivity contribution in [2.45, 2.75) is 18.9 Å². The maximum atomic E-state index is 14.9. The number of anilines is 1. The van der Waals surface area contributed by atoms with Crippen LogP contribution in [0.4, 0.5) is 10.1 Å². The summed E-state index contributed by atoms with van der Waals surface area (Å²) in [6.07, 6.45) is 2.41. The van der Waals surface area contributed by atoms with Crippen LogP contribution in [0.2, 0.25) is 0 Å². The molecule has 1 aromatic heterocycles. The van der Waals surface area contributed by atoms with E-state index in [0.717, 1.165) is 17.7 Å². The summed E-state index contributed by atoms with van der Waals surface area (Å²) in [6.45, 7) is 2.80. The van der Waals surface area contributed by atoms with Crippen molar-refractivity contribution >= 4 is 28.5 Å². The predicted molar refractivity (Wildman–Crippen MR) is 108 cm³/mol. The first-order valence-corrected chi connectivity index (χ1v) is 10.1. The maximum absolute atomic E-state index is 14.9. The summed E-state index contributed by atoms with van der Waals surface area (Å²) in [5, 5.41) is 3.22. The average Bonchev–Trinajstić information content (AvgIpc) is 2.69. The SMILES string of the molecule is Cc1ccc(C(=O)Nc2ccc(F)c(C34COCCC3CSC(N)=N4)c2)nc1. The molecule has 3 heterocycles. The number of nitrogens with zero attached hydrogens (tertiary/aromatic N) is 2. The van der Waals surface area contributed by atoms with E-state index in [0.29, 0.717) is 28.7 Å². The van der Waals surface area contributed by atoms with Gasteiger partial charge < -0.3 is 15.8 Å². The summed E-state index contributed by atoms with van der Waals surface area (Å²) in [5.74, 6) is 0.152. The summed E-state index contributed by atoms with van der Waals surface area (Å²) >= 11 is 1.49. The van der Waals surface area contributed by atoms with Gasteiger partial charge in [-0.3, -0.25) is 9.78 Å². The number of amides is 1. The van der Waals surface area contributed by atoms with Crippen LogP contribution in [0.15, 0.2) is 41.5 Å². The third-order valence-corrected chi connectivity index (χ3v) is 6.14. The smallest absolute Gasteiger partial charge is 0.274 e. The van der Waals surface area contributed by atoms with Crippen molar-refractivity contribution in [1.29, 1.82) is 0 Å². The van der Waals surface area contributed by atoms with Gasteiger partial charge in [-0.2, -0.15) is 0 Å². The van der Waals surface area contributed by atoms with Gasteiger partial charge in [-0.15, -0.1) is 0 Å². The Labute approximate surface area is 166 Å². The van der Waals surface area contributed by atoms with E-state index >= 15 is 0 Å². The van der Waals surface area contributed by atoms with Crippen molar-refractivity contribution in [2.75, 3.05) is 24.3 Å². The van der Waals surface area contributed by atoms with Crippen LogP contribution < -0.4 is 11.1 Å². The Morgan fingerprint density at radius 3 is 3.04 bits per heavy atom. The van der Waals surface area contributed by atoms with E-state index in [2.05, 4.69) is 15.3 Å². The molecule has 0 radical (unpaired) electrons. The number of nitrogens with two attached hydrogens (primary N) is 1. The minimum absolute atomic E-state index is 0.123. The molecule has 2 aliphatic heterocycles. The molecule has 2 aliphatic rings. The fourth-order valence-electron chi connectivity index (χ4n) is 3.66. The van der Waals surface area contributed by atoms with E-state index in [1.807, 2.05) is 13.0 Å². The normalized spacial score (nSPS) is 24.2. The Bertz CT molecular complexity index is 934. The minimum Gasteiger partial charge on any atom is -0.379 e. The summed E-state index contributed by atoms with van der Waals surface area (Å²) in [6, 6.07) is 7.99. The third-order valence-electron chi connectivity index (χ3n) is 5.18. The number of aromatic nitrogens is 1. The largest absolute Gasteiger partial charge is 0.379 e. The minimum atomic E-state index is -0.861. The number of fused-ring (bicyclic) bond motifs is 1. The predicted octanol–water partition coefficient (Wildman–Crippen LogP) is 3.07. The van der Waals surface area contributed by atoms with Crippen LogP contribution in [0.3, 0.4) is 0 Å². The van der Waals surface area contributed by atoms with Gasteiger partial charge in [0.25, 0.3) is 5.91 Å². The quantitative estimate of drug-likeness (QED) is 0.826. The van der Waals surface area contributed by atoms with Gasteiger partial charge in [0, 0.05) is 35.7 Å². The molecule has 0 aliphatic carbocycles. The number of aliphatic imine (C=N–C) groups is 1. The summed E-state index contributed by atoms with van der Waals surface area (Å²) in [4.78, 5) is 21.2. The molecule has 2 atom stereocenters. The van der Waals surface area contributed by atoms with Crippen LogP contribution in [0.25, 0.3) is 0 Å². The number of thioether (sulfide) groups is 1. The number of carbonyl (C=O) groups excluding carboxylic acids is 1. The molecule has 1 saturated heterocycles. The van der Waals surface area contributed by atoms with E-state index in [9.17, 15) is 9.18 Å². The summed E-state index contributed by atoms with van der Waals surface area (Å²) < 4.78 is 20.5. The summed E-state index contributed by atoms with van der Waals surface area (Å²) in [7, 11) is 0. The van der Waals surface area contributed by atoms with Gasteiger partial charge in [-0.1, -0.05) is 17.8 Å². The van der Waals surface area contributed by atoms with Crippen LogP contribution in [0, 0.1) is 18.7 Å². The van der Waals surface area contributed by atoms with E-state index in [4.69, 9.17) is 10.5 Å². The molecule has 8 heteroatoms. The second-order valence-electron chi connectivity index (χ2n) is 7.09. The van der Waals surface area contributed by atoms with E-state index in [1.165, 1.54) is 23.9 Å². The number of hydrogen-bond donors (Lipinski definition) is 2. The van der Waals surface area contributed by atoms with Crippen molar-refractivity contribution < 1.29 is 13.9 Å². The zero-order valence-corrected chi connectivity index (χ0v) is 16.3. The molecule has 0 bridgehead atoms. The highest BCUT2D eigenvalue weighted by atomic mass is 32.2. The van der Waals surface area contributed by atoms with Crippen LogP contribution in [0.1, 0.15) is 28.0 Å². The Morgan fingerprint density at radius 1 is 1.39 bits per heavy atom. The first-order chi connectivity index (χ1) is 13.5. The highest BCUT2D eigenvalue weighted by Crippen LogP contribution is 2.45. The number of carbonyl (C=O) groups is 1. The van der Waals surface area contributed by atoms with Crippen molar-refractivity contribution in [1.82, 2.24) is 4.98 Å². The van der Waals surface area contributed by atoms with Crippen LogP contribution in [-0.2, 0) is 10.3 Å². The van der Waals surface area contributed by atoms with Gasteiger partial charge in [0.2, 0.25) is 0 Å². The zero-order valence-electron chi connectivity index (χ0n) is 15.4. The first-order valence-electron chi connectivity index (χ1n) is 9.08. The van der Waals surface area contributed by atoms with Gasteiger partial charge in [0.15, 0.2) is 5.17 Å². The second-order valence-corrected chi connectivity index (χ2v) is 8.13. The molecular weight excluding hydrogens is 379 g/mol. The van der Waals surface area contributed by atoms with Crippen molar-refractivity contribution in [2.24, 2.45) is 16.6 Å². The van der Waals surface area contributed by atoms with Crippen LogP contribution in [-0.4, -0.2) is 35.0 Å². The van der Waals surface area contributed by atoms with E-state index in [1.54, 1.807) is 18.3 Å². The molecule has 2 unspecified atom stereocenters. The highest BCUT2D eigenvalue weighted by molar-refractivity contribution is 8.13. The molecule has 0 spiro atoms. The molecular formula is C20H21FN4O2S. The number of aryl methyl sites for hydroxylation is 1. The van der Waals surface area contributed by atoms with Crippen molar-refractivity contribution in [3.8, 4) is 0 Å². The van der Waals surface area contributed by atoms with Gasteiger partial charge in [0.1, 0.15) is 17.1 Å². The molecule has 3 N–H and O–H groups in total. The Morgan fingerprint density at radius 2 is 2.25 bits per heavy atom. The molecule has 2 aromatic rings. The molecule has 1 fully saturated rings. The zero-order chi connectivity index (χ0) is 19.7. The molecule has 4 rings (SSSR count). The maximum Gasteiger partial charge on any atom is 0.274 e. The molecule has 1 amide bonds. The molecule has 28 heavy (non-hydrogen) atoms. The number of nitrogens with one attached hydrogen (secondary N) is 1. The van der Waals surface area contributed by atoms with Crippen LogP contribution in [0.5, 0.6) is 0 Å². The second kappa shape index (κ2) is 7.52. The highest BCUT2D eigenvalue weighted by Gasteiger charge is 2.47. The number of ether oxygens (including phenoxy) is 1. The van der Waals surface area contributed by atoms with E-state index in [-0.39, 0.29) is 24.2 Å². The third kappa shape index (κ3) is 3.49. The number of pyridine rings is 1. The number of rotatable bonds is 3. The first kappa shape index (κ1) is 18.9. The van der Waals surface area contributed by atoms with Gasteiger partial charge >= 0.3 is 0 Å². The van der Waals surface area contributed by atoms with Crippen molar-refractivity contribution in [3.05, 3.63) is 59.2 Å². The molecule has 146 valence electrons. The Kier molecular flexibility index (Phi) is 5.07. The lowest BCUT2D eigenvalue weighted by Gasteiger charge is -2.43. The van der Waals surface area contributed by atoms with E-state index < -0.39 is 5.54 Å². The fourth-order valence-corrected chi connectivity index (χ4v) is 4.70. The number of benzene rings is 1. The fraction of sp³-hybridized carbons (Fsp3) is 0.350. The Hall–Kier alpha value is -2.45. The van der Waals surface area contributed by atoms with Gasteiger partial charge in [0.05, 0.1) is 6.61 Å². The monoisotopic (exact) mass is 400 g/mol. The van der Waals surface area contributed by atoms with Gasteiger partial charge in [-0.25, -0.2) is 9.38 Å². The van der Waals surface area contributed by atoms with Crippen molar-refractivity contribution in [3.63, 3.8) is 0 Å². The van der Waals surface area contributed by atoms with Gasteiger partial charge in [-0.05, 0) is 43.2 Å². The molecule has 6 nitrogen and oxygen atoms in total. The summed E-state index contributed by atoms with van der Waals surface area (Å²) in [5.41, 5.74) is 7.26. The number of hydrogen-bond acceptors (Lipinski definition) is 6. The average molecular weight is 400 g/mol. The molecule has 0 saturated carbocycles. The Balaban J connectivity index is 1.68.